The van der Waals surface area contributed by atoms with Gasteiger partial charge in [-0.1, -0.05) is 24.3 Å². The zero-order valence-corrected chi connectivity index (χ0v) is 16.5. The van der Waals surface area contributed by atoms with Gasteiger partial charge in [-0.25, -0.2) is 4.98 Å². The lowest BCUT2D eigenvalue weighted by molar-refractivity contribution is 0.194. The standard InChI is InChI=1S/C21H28N6/c1-16-7-4-5-8-18(16)13-26-11-6-9-19(14-26)21-24-23-20(25(21)3)15-27-12-10-22-17(27)2/h4-5,7-8,10,12,19H,6,9,11,13-15H2,1-3H3/t19-/m1/s1. The first-order chi connectivity index (χ1) is 13.1. The van der Waals surface area contributed by atoms with Crippen LogP contribution in [0.2, 0.25) is 0 Å². The van der Waals surface area contributed by atoms with Gasteiger partial charge in [0.05, 0.1) is 6.54 Å². The molecule has 27 heavy (non-hydrogen) atoms. The molecule has 3 heterocycles. The van der Waals surface area contributed by atoms with Crippen molar-refractivity contribution < 1.29 is 0 Å². The minimum Gasteiger partial charge on any atom is -0.328 e. The maximum atomic E-state index is 4.56. The van der Waals surface area contributed by atoms with Crippen molar-refractivity contribution in [3.05, 3.63) is 65.3 Å². The van der Waals surface area contributed by atoms with Crippen LogP contribution in [-0.4, -0.2) is 42.3 Å². The molecule has 0 radical (unpaired) electrons. The molecule has 0 saturated carbocycles. The van der Waals surface area contributed by atoms with E-state index in [2.05, 4.69) is 67.5 Å². The molecule has 3 aromatic rings. The van der Waals surface area contributed by atoms with Crippen LogP contribution in [0.4, 0.5) is 0 Å². The van der Waals surface area contributed by atoms with E-state index in [1.54, 1.807) is 0 Å². The Hall–Kier alpha value is -2.47. The monoisotopic (exact) mass is 364 g/mol. The largest absolute Gasteiger partial charge is 0.328 e. The molecule has 1 aliphatic rings. The number of benzene rings is 1. The molecule has 1 atom stereocenters. The van der Waals surface area contributed by atoms with E-state index in [4.69, 9.17) is 0 Å². The number of piperidine rings is 1. The second kappa shape index (κ2) is 7.64. The summed E-state index contributed by atoms with van der Waals surface area (Å²) < 4.78 is 4.29. The van der Waals surface area contributed by atoms with Gasteiger partial charge in [0.2, 0.25) is 0 Å². The number of hydrogen-bond acceptors (Lipinski definition) is 4. The number of aromatic nitrogens is 5. The van der Waals surface area contributed by atoms with Gasteiger partial charge in [0, 0.05) is 38.4 Å². The van der Waals surface area contributed by atoms with Crippen LogP contribution in [0.3, 0.4) is 0 Å². The Morgan fingerprint density at radius 1 is 1.11 bits per heavy atom. The van der Waals surface area contributed by atoms with Gasteiger partial charge < -0.3 is 9.13 Å². The molecule has 142 valence electrons. The lowest BCUT2D eigenvalue weighted by Gasteiger charge is -2.32. The van der Waals surface area contributed by atoms with E-state index >= 15 is 0 Å². The van der Waals surface area contributed by atoms with Crippen LogP contribution in [0.15, 0.2) is 36.7 Å². The summed E-state index contributed by atoms with van der Waals surface area (Å²) in [5, 5.41) is 9.04. The van der Waals surface area contributed by atoms with Crippen LogP contribution >= 0.6 is 0 Å². The topological polar surface area (TPSA) is 51.8 Å². The quantitative estimate of drug-likeness (QED) is 0.698. The highest BCUT2D eigenvalue weighted by molar-refractivity contribution is 5.25. The van der Waals surface area contributed by atoms with Gasteiger partial charge in [0.15, 0.2) is 5.82 Å². The average Bonchev–Trinajstić information content (AvgIpc) is 3.24. The fraction of sp³-hybridized carbons (Fsp3) is 0.476. The third-order valence-electron chi connectivity index (χ3n) is 5.76. The van der Waals surface area contributed by atoms with Crippen LogP contribution in [0.5, 0.6) is 0 Å². The molecule has 0 aliphatic carbocycles. The summed E-state index contributed by atoms with van der Waals surface area (Å²) in [6, 6.07) is 8.69. The summed E-state index contributed by atoms with van der Waals surface area (Å²) in [5.41, 5.74) is 2.80. The van der Waals surface area contributed by atoms with Crippen LogP contribution in [0.25, 0.3) is 0 Å². The van der Waals surface area contributed by atoms with Crippen molar-refractivity contribution in [1.29, 1.82) is 0 Å². The minimum atomic E-state index is 0.443. The Balaban J connectivity index is 1.47. The van der Waals surface area contributed by atoms with E-state index in [9.17, 15) is 0 Å². The molecule has 0 bridgehead atoms. The third kappa shape index (κ3) is 3.81. The molecule has 6 nitrogen and oxygen atoms in total. The van der Waals surface area contributed by atoms with Crippen molar-refractivity contribution in [1.82, 2.24) is 29.2 Å². The van der Waals surface area contributed by atoms with Crippen LogP contribution in [0, 0.1) is 13.8 Å². The number of hydrogen-bond donors (Lipinski definition) is 0. The van der Waals surface area contributed by atoms with Gasteiger partial charge in [0.1, 0.15) is 11.6 Å². The molecular formula is C21H28N6. The van der Waals surface area contributed by atoms with Crippen molar-refractivity contribution in [3.63, 3.8) is 0 Å². The van der Waals surface area contributed by atoms with E-state index in [0.29, 0.717) is 5.92 Å². The molecule has 1 aromatic carbocycles. The summed E-state index contributed by atoms with van der Waals surface area (Å²) in [6.07, 6.45) is 6.21. The molecule has 6 heteroatoms. The lowest BCUT2D eigenvalue weighted by atomic mass is 9.96. The molecule has 1 saturated heterocycles. The Bertz CT molecular complexity index is 909. The minimum absolute atomic E-state index is 0.443. The molecule has 0 unspecified atom stereocenters. The van der Waals surface area contributed by atoms with Crippen molar-refractivity contribution >= 4 is 0 Å². The second-order valence-corrected chi connectivity index (χ2v) is 7.64. The summed E-state index contributed by atoms with van der Waals surface area (Å²) in [5.74, 6) is 3.54. The van der Waals surface area contributed by atoms with Gasteiger partial charge in [-0.15, -0.1) is 10.2 Å². The highest BCUT2D eigenvalue weighted by Gasteiger charge is 2.26. The molecule has 0 spiro atoms. The van der Waals surface area contributed by atoms with Crippen molar-refractivity contribution in [2.45, 2.75) is 45.7 Å². The third-order valence-corrected chi connectivity index (χ3v) is 5.76. The summed E-state index contributed by atoms with van der Waals surface area (Å²) in [4.78, 5) is 6.86. The second-order valence-electron chi connectivity index (χ2n) is 7.64. The Morgan fingerprint density at radius 3 is 2.74 bits per heavy atom. The van der Waals surface area contributed by atoms with Crippen LogP contribution in [0.1, 0.15) is 47.4 Å². The van der Waals surface area contributed by atoms with E-state index < -0.39 is 0 Å². The predicted octanol–water partition coefficient (Wildman–Crippen LogP) is 3.06. The fourth-order valence-electron chi connectivity index (χ4n) is 4.03. The first-order valence-corrected chi connectivity index (χ1v) is 9.74. The highest BCUT2D eigenvalue weighted by atomic mass is 15.3. The van der Waals surface area contributed by atoms with Gasteiger partial charge >= 0.3 is 0 Å². The molecular weight excluding hydrogens is 336 g/mol. The van der Waals surface area contributed by atoms with Gasteiger partial charge in [-0.2, -0.15) is 0 Å². The maximum absolute atomic E-state index is 4.56. The van der Waals surface area contributed by atoms with Crippen molar-refractivity contribution in [2.24, 2.45) is 7.05 Å². The number of imidazole rings is 1. The fourth-order valence-corrected chi connectivity index (χ4v) is 4.03. The van der Waals surface area contributed by atoms with E-state index in [0.717, 1.165) is 43.7 Å². The Labute approximate surface area is 160 Å². The zero-order chi connectivity index (χ0) is 18.8. The lowest BCUT2D eigenvalue weighted by Crippen LogP contribution is -2.35. The maximum Gasteiger partial charge on any atom is 0.152 e. The Kier molecular flexibility index (Phi) is 5.07. The van der Waals surface area contributed by atoms with E-state index in [-0.39, 0.29) is 0 Å². The predicted molar refractivity (Wildman–Crippen MR) is 106 cm³/mol. The molecule has 0 N–H and O–H groups in total. The van der Waals surface area contributed by atoms with Gasteiger partial charge in [0.25, 0.3) is 0 Å². The number of rotatable bonds is 5. The van der Waals surface area contributed by atoms with Crippen LogP contribution in [-0.2, 0) is 20.1 Å². The van der Waals surface area contributed by atoms with Crippen molar-refractivity contribution in [2.75, 3.05) is 13.1 Å². The van der Waals surface area contributed by atoms with Crippen molar-refractivity contribution in [3.8, 4) is 0 Å². The summed E-state index contributed by atoms with van der Waals surface area (Å²) in [6.45, 7) is 8.15. The van der Waals surface area contributed by atoms with E-state index in [1.807, 2.05) is 19.3 Å². The Morgan fingerprint density at radius 2 is 1.96 bits per heavy atom. The highest BCUT2D eigenvalue weighted by Crippen LogP contribution is 2.27. The number of likely N-dealkylation sites (tertiary alicyclic amines) is 1. The molecule has 4 rings (SSSR count). The zero-order valence-electron chi connectivity index (χ0n) is 16.5. The molecule has 2 aromatic heterocycles. The summed E-state index contributed by atoms with van der Waals surface area (Å²) >= 11 is 0. The summed E-state index contributed by atoms with van der Waals surface area (Å²) in [7, 11) is 2.09. The molecule has 1 fully saturated rings. The molecule has 0 amide bonds. The van der Waals surface area contributed by atoms with Gasteiger partial charge in [-0.3, -0.25) is 4.90 Å². The smallest absolute Gasteiger partial charge is 0.152 e. The van der Waals surface area contributed by atoms with Crippen LogP contribution < -0.4 is 0 Å². The molecule has 1 aliphatic heterocycles. The SMILES string of the molecule is Cc1ccccc1CN1CCC[C@@H](c2nnc(Cn3ccnc3C)n2C)C1. The number of aryl methyl sites for hydroxylation is 2. The van der Waals surface area contributed by atoms with E-state index in [1.165, 1.54) is 24.0 Å². The normalized spacial score (nSPS) is 18.1. The average molecular weight is 364 g/mol. The first kappa shape index (κ1) is 17.9. The first-order valence-electron chi connectivity index (χ1n) is 9.74. The van der Waals surface area contributed by atoms with Gasteiger partial charge in [-0.05, 0) is 44.4 Å². The number of nitrogens with zero attached hydrogens (tertiary/aromatic N) is 6.